The number of anilines is 2. The highest BCUT2D eigenvalue weighted by Gasteiger charge is 2.32. The van der Waals surface area contributed by atoms with Gasteiger partial charge in [-0.15, -0.1) is 0 Å². The average Bonchev–Trinajstić information content (AvgIpc) is 3.14. The number of nitrogens with one attached hydrogen (secondary N) is 1. The maximum Gasteiger partial charge on any atom is 0.442 e. The smallest absolute Gasteiger partial charge is 0.378 e. The number of morpholine rings is 1. The van der Waals surface area contributed by atoms with Crippen LogP contribution in [0.25, 0.3) is 11.6 Å². The Morgan fingerprint density at radius 1 is 1.16 bits per heavy atom. The lowest BCUT2D eigenvalue weighted by molar-refractivity contribution is -0.137. The molecule has 0 spiro atoms. The summed E-state index contributed by atoms with van der Waals surface area (Å²) in [5, 5.41) is 6.06. The van der Waals surface area contributed by atoms with Crippen molar-refractivity contribution in [2.75, 3.05) is 36.5 Å². The molecule has 1 aliphatic rings. The van der Waals surface area contributed by atoms with E-state index >= 15 is 0 Å². The Labute approximate surface area is 178 Å². The first-order valence-corrected chi connectivity index (χ1v) is 9.50. The van der Waals surface area contributed by atoms with Gasteiger partial charge in [-0.1, -0.05) is 5.16 Å². The lowest BCUT2D eigenvalue weighted by Crippen LogP contribution is -2.37. The van der Waals surface area contributed by atoms with Gasteiger partial charge in [0.05, 0.1) is 30.2 Å². The number of carbonyl (C=O) groups is 1. The first-order valence-electron chi connectivity index (χ1n) is 9.50. The van der Waals surface area contributed by atoms with Crippen molar-refractivity contribution in [3.05, 3.63) is 52.8 Å². The van der Waals surface area contributed by atoms with Gasteiger partial charge >= 0.3 is 11.9 Å². The fourth-order valence-electron chi connectivity index (χ4n) is 3.21. The third-order valence-electron chi connectivity index (χ3n) is 4.70. The van der Waals surface area contributed by atoms with Crippen molar-refractivity contribution in [2.45, 2.75) is 12.7 Å². The predicted molar refractivity (Wildman–Crippen MR) is 105 cm³/mol. The standard InChI is InChI=1S/C19H17F3N6O4/c20-19(21,22)12-2-3-14(27-6-8-31-9-7-27)13(10-12)25-15(29)11-28-17(26-32-18(28)30)16-23-4-1-5-24-16/h1-5,10H,6-9,11H2,(H,25,29). The molecule has 1 aliphatic heterocycles. The van der Waals surface area contributed by atoms with E-state index < -0.39 is 29.9 Å². The second-order valence-electron chi connectivity index (χ2n) is 6.81. The molecule has 0 atom stereocenters. The van der Waals surface area contributed by atoms with Crippen molar-refractivity contribution < 1.29 is 27.2 Å². The van der Waals surface area contributed by atoms with Crippen molar-refractivity contribution in [3.8, 4) is 11.6 Å². The third-order valence-corrected chi connectivity index (χ3v) is 4.70. The molecule has 4 rings (SSSR count). The van der Waals surface area contributed by atoms with Crippen LogP contribution < -0.4 is 16.0 Å². The molecule has 10 nitrogen and oxygen atoms in total. The SMILES string of the molecule is O=C(Cn1c(-c2ncccn2)noc1=O)Nc1cc(C(F)(F)F)ccc1N1CCOCC1. The summed E-state index contributed by atoms with van der Waals surface area (Å²) in [4.78, 5) is 34.5. The number of benzene rings is 1. The van der Waals surface area contributed by atoms with E-state index in [1.807, 2.05) is 4.90 Å². The Morgan fingerprint density at radius 3 is 2.56 bits per heavy atom. The Hall–Kier alpha value is -3.74. The monoisotopic (exact) mass is 450 g/mol. The number of hydrogen-bond acceptors (Lipinski definition) is 8. The van der Waals surface area contributed by atoms with E-state index in [1.165, 1.54) is 18.5 Å². The van der Waals surface area contributed by atoms with Crippen LogP contribution in [-0.2, 0) is 22.3 Å². The van der Waals surface area contributed by atoms with Crippen molar-refractivity contribution >= 4 is 17.3 Å². The lowest BCUT2D eigenvalue weighted by Gasteiger charge is -2.31. The van der Waals surface area contributed by atoms with Crippen LogP contribution in [0.1, 0.15) is 5.56 Å². The summed E-state index contributed by atoms with van der Waals surface area (Å²) in [7, 11) is 0. The Bertz CT molecular complexity index is 1160. The van der Waals surface area contributed by atoms with Gasteiger partial charge in [0.2, 0.25) is 11.7 Å². The number of aromatic nitrogens is 4. The van der Waals surface area contributed by atoms with Crippen molar-refractivity contribution in [2.24, 2.45) is 0 Å². The van der Waals surface area contributed by atoms with Crippen LogP contribution in [0.2, 0.25) is 0 Å². The number of alkyl halides is 3. The number of halogens is 3. The number of amides is 1. The quantitative estimate of drug-likeness (QED) is 0.626. The number of hydrogen-bond donors (Lipinski definition) is 1. The Kier molecular flexibility index (Phi) is 5.90. The molecular weight excluding hydrogens is 433 g/mol. The molecule has 0 saturated carbocycles. The maximum absolute atomic E-state index is 13.3. The van der Waals surface area contributed by atoms with Crippen LogP contribution >= 0.6 is 0 Å². The summed E-state index contributed by atoms with van der Waals surface area (Å²) in [5.74, 6) is -1.70. The largest absolute Gasteiger partial charge is 0.442 e. The van der Waals surface area contributed by atoms with Gasteiger partial charge < -0.3 is 15.0 Å². The minimum absolute atomic E-state index is 0.0336. The van der Waals surface area contributed by atoms with E-state index in [9.17, 15) is 22.8 Å². The van der Waals surface area contributed by atoms with Crippen molar-refractivity contribution in [3.63, 3.8) is 0 Å². The van der Waals surface area contributed by atoms with E-state index in [1.54, 1.807) is 6.07 Å². The van der Waals surface area contributed by atoms with Crippen LogP contribution in [0, 0.1) is 0 Å². The predicted octanol–water partition coefficient (Wildman–Crippen LogP) is 1.79. The fourth-order valence-corrected chi connectivity index (χ4v) is 3.21. The molecule has 0 aliphatic carbocycles. The van der Waals surface area contributed by atoms with Gasteiger partial charge in [-0.3, -0.25) is 9.32 Å². The molecule has 1 fully saturated rings. The number of nitrogens with zero attached hydrogens (tertiary/aromatic N) is 5. The van der Waals surface area contributed by atoms with Gasteiger partial charge in [0, 0.05) is 25.5 Å². The molecule has 2 aromatic heterocycles. The molecule has 0 unspecified atom stereocenters. The molecular formula is C19H17F3N6O4. The molecule has 1 amide bonds. The van der Waals surface area contributed by atoms with E-state index in [0.717, 1.165) is 16.7 Å². The second-order valence-corrected chi connectivity index (χ2v) is 6.81. The van der Waals surface area contributed by atoms with Crippen molar-refractivity contribution in [1.29, 1.82) is 0 Å². The van der Waals surface area contributed by atoms with Crippen LogP contribution in [0.5, 0.6) is 0 Å². The van der Waals surface area contributed by atoms with Crippen LogP contribution in [0.15, 0.2) is 46.0 Å². The number of carbonyl (C=O) groups excluding carboxylic acids is 1. The van der Waals surface area contributed by atoms with E-state index in [-0.39, 0.29) is 17.3 Å². The van der Waals surface area contributed by atoms with Gasteiger partial charge in [0.15, 0.2) is 5.82 Å². The minimum atomic E-state index is -4.59. The normalized spacial score (nSPS) is 14.4. The molecule has 3 heterocycles. The molecule has 32 heavy (non-hydrogen) atoms. The average molecular weight is 450 g/mol. The van der Waals surface area contributed by atoms with E-state index in [4.69, 9.17) is 4.74 Å². The molecule has 13 heteroatoms. The third kappa shape index (κ3) is 4.61. The Balaban J connectivity index is 1.62. The topological polar surface area (TPSA) is 115 Å². The van der Waals surface area contributed by atoms with Gasteiger partial charge in [-0.25, -0.2) is 19.3 Å². The lowest BCUT2D eigenvalue weighted by atomic mass is 10.1. The summed E-state index contributed by atoms with van der Waals surface area (Å²) in [6, 6.07) is 4.67. The van der Waals surface area contributed by atoms with E-state index in [2.05, 4.69) is 25.0 Å². The van der Waals surface area contributed by atoms with Gasteiger partial charge in [0.25, 0.3) is 0 Å². The zero-order chi connectivity index (χ0) is 22.7. The summed E-state index contributed by atoms with van der Waals surface area (Å²) >= 11 is 0. The maximum atomic E-state index is 13.3. The molecule has 0 radical (unpaired) electrons. The molecule has 0 bridgehead atoms. The van der Waals surface area contributed by atoms with Gasteiger partial charge in [-0.2, -0.15) is 13.2 Å². The molecule has 1 saturated heterocycles. The zero-order valence-electron chi connectivity index (χ0n) is 16.5. The first kappa shape index (κ1) is 21.5. The summed E-state index contributed by atoms with van der Waals surface area (Å²) in [6.07, 6.45) is -1.75. The van der Waals surface area contributed by atoms with Crippen molar-refractivity contribution in [1.82, 2.24) is 19.7 Å². The summed E-state index contributed by atoms with van der Waals surface area (Å²) < 4.78 is 50.5. The molecule has 1 aromatic carbocycles. The van der Waals surface area contributed by atoms with Crippen LogP contribution in [0.3, 0.4) is 0 Å². The highest BCUT2D eigenvalue weighted by Crippen LogP contribution is 2.35. The minimum Gasteiger partial charge on any atom is -0.378 e. The van der Waals surface area contributed by atoms with Gasteiger partial charge in [-0.05, 0) is 24.3 Å². The number of rotatable bonds is 5. The second kappa shape index (κ2) is 8.78. The highest BCUT2D eigenvalue weighted by atomic mass is 19.4. The Morgan fingerprint density at radius 2 is 1.88 bits per heavy atom. The zero-order valence-corrected chi connectivity index (χ0v) is 16.5. The van der Waals surface area contributed by atoms with Gasteiger partial charge in [0.1, 0.15) is 6.54 Å². The van der Waals surface area contributed by atoms with Crippen LogP contribution in [0.4, 0.5) is 24.5 Å². The highest BCUT2D eigenvalue weighted by molar-refractivity contribution is 5.94. The first-order chi connectivity index (χ1) is 15.3. The van der Waals surface area contributed by atoms with E-state index in [0.29, 0.717) is 32.0 Å². The molecule has 168 valence electrons. The molecule has 3 aromatic rings. The van der Waals surface area contributed by atoms with Crippen LogP contribution in [-0.4, -0.2) is 51.9 Å². The molecule has 1 N–H and O–H groups in total. The number of ether oxygens (including phenoxy) is 1. The summed E-state index contributed by atoms with van der Waals surface area (Å²) in [5.41, 5.74) is -0.530. The fraction of sp³-hybridized carbons (Fsp3) is 0.316. The summed E-state index contributed by atoms with van der Waals surface area (Å²) in [6.45, 7) is 1.16.